The highest BCUT2D eigenvalue weighted by Gasteiger charge is 2.42. The normalized spacial score (nSPS) is 28.8. The first-order valence-corrected chi connectivity index (χ1v) is 6.99. The third-order valence-corrected chi connectivity index (χ3v) is 5.01. The largest absolute Gasteiger partial charge is 0.480 e. The van der Waals surface area contributed by atoms with Crippen LogP contribution in [0.2, 0.25) is 0 Å². The molecule has 1 saturated carbocycles. The van der Waals surface area contributed by atoms with Gasteiger partial charge in [0, 0.05) is 19.1 Å². The van der Waals surface area contributed by atoms with E-state index >= 15 is 0 Å². The van der Waals surface area contributed by atoms with Gasteiger partial charge in [0.25, 0.3) is 0 Å². The van der Waals surface area contributed by atoms with E-state index in [4.69, 9.17) is 5.11 Å². The Bertz CT molecular complexity index is 390. The zero-order valence-electron chi connectivity index (χ0n) is 9.16. The van der Waals surface area contributed by atoms with Gasteiger partial charge >= 0.3 is 5.97 Å². The molecule has 0 bridgehead atoms. The summed E-state index contributed by atoms with van der Waals surface area (Å²) < 4.78 is 25.3. The highest BCUT2D eigenvalue weighted by molar-refractivity contribution is 7.89. The average molecular weight is 248 g/mol. The van der Waals surface area contributed by atoms with Crippen LogP contribution in [-0.2, 0) is 14.8 Å². The van der Waals surface area contributed by atoms with Crippen LogP contribution in [0.25, 0.3) is 0 Å². The van der Waals surface area contributed by atoms with Crippen molar-refractivity contribution < 1.29 is 18.3 Å². The van der Waals surface area contributed by atoms with Crippen molar-refractivity contribution in [3.05, 3.63) is 0 Å². The first-order valence-electron chi connectivity index (χ1n) is 5.38. The van der Waals surface area contributed by atoms with Gasteiger partial charge in [-0.1, -0.05) is 0 Å². The van der Waals surface area contributed by atoms with Gasteiger partial charge in [-0.15, -0.1) is 0 Å². The Morgan fingerprint density at radius 1 is 1.38 bits per heavy atom. The molecule has 1 aliphatic heterocycles. The van der Waals surface area contributed by atoms with Crippen LogP contribution in [-0.4, -0.2) is 59.7 Å². The average Bonchev–Trinajstić information content (AvgIpc) is 2.98. The molecule has 2 aliphatic rings. The number of nitrogens with zero attached hydrogens (tertiary/aromatic N) is 2. The Kier molecular flexibility index (Phi) is 2.93. The summed E-state index contributed by atoms with van der Waals surface area (Å²) in [6, 6.07) is -0.566. The van der Waals surface area contributed by atoms with E-state index < -0.39 is 22.0 Å². The molecule has 1 aliphatic carbocycles. The summed E-state index contributed by atoms with van der Waals surface area (Å²) in [6.07, 6.45) is 1.88. The van der Waals surface area contributed by atoms with Gasteiger partial charge in [-0.05, 0) is 19.8 Å². The molecule has 1 heterocycles. The minimum Gasteiger partial charge on any atom is -0.480 e. The van der Waals surface area contributed by atoms with E-state index in [-0.39, 0.29) is 11.9 Å². The van der Waals surface area contributed by atoms with E-state index in [1.807, 2.05) is 0 Å². The zero-order chi connectivity index (χ0) is 11.9. The maximum atomic E-state index is 11.9. The van der Waals surface area contributed by atoms with Crippen molar-refractivity contribution in [3.8, 4) is 0 Å². The lowest BCUT2D eigenvalue weighted by Crippen LogP contribution is -2.54. The summed E-state index contributed by atoms with van der Waals surface area (Å²) in [5, 5.41) is 8.84. The van der Waals surface area contributed by atoms with Crippen LogP contribution in [0.1, 0.15) is 19.8 Å². The fourth-order valence-corrected chi connectivity index (χ4v) is 3.89. The number of rotatable bonds is 3. The Balaban J connectivity index is 2.07. The molecule has 2 fully saturated rings. The molecule has 16 heavy (non-hydrogen) atoms. The van der Waals surface area contributed by atoms with Crippen LogP contribution in [0.4, 0.5) is 0 Å². The van der Waals surface area contributed by atoms with E-state index in [0.29, 0.717) is 13.1 Å². The topological polar surface area (TPSA) is 77.9 Å². The second-order valence-electron chi connectivity index (χ2n) is 4.41. The molecule has 0 amide bonds. The highest BCUT2D eigenvalue weighted by Crippen LogP contribution is 2.31. The first-order chi connectivity index (χ1) is 7.42. The second-order valence-corrected chi connectivity index (χ2v) is 6.30. The molecule has 0 unspecified atom stereocenters. The highest BCUT2D eigenvalue weighted by atomic mass is 32.2. The van der Waals surface area contributed by atoms with Crippen molar-refractivity contribution >= 4 is 16.0 Å². The lowest BCUT2D eigenvalue weighted by atomic mass is 10.3. The fourth-order valence-electron chi connectivity index (χ4n) is 1.95. The van der Waals surface area contributed by atoms with E-state index in [2.05, 4.69) is 0 Å². The van der Waals surface area contributed by atoms with Gasteiger partial charge in [-0.2, -0.15) is 4.31 Å². The van der Waals surface area contributed by atoms with Gasteiger partial charge < -0.3 is 5.11 Å². The number of carbonyl (C=O) groups is 1. The molecule has 2 rings (SSSR count). The van der Waals surface area contributed by atoms with E-state index in [1.54, 1.807) is 0 Å². The van der Waals surface area contributed by atoms with Gasteiger partial charge in [0.15, 0.2) is 0 Å². The quantitative estimate of drug-likeness (QED) is 0.730. The standard InChI is InChI=1S/C9H16N2O4S/c1-7(9(12)13)10-4-5-11(8-2-3-8)16(14,15)6-10/h7-8H,2-6H2,1H3,(H,12,13)/t7-/m1/s1. The lowest BCUT2D eigenvalue weighted by Gasteiger charge is -2.35. The molecule has 0 aromatic carbocycles. The Labute approximate surface area is 94.9 Å². The summed E-state index contributed by atoms with van der Waals surface area (Å²) in [5.74, 6) is -1.15. The van der Waals surface area contributed by atoms with Crippen molar-refractivity contribution in [2.24, 2.45) is 0 Å². The van der Waals surface area contributed by atoms with Crippen LogP contribution >= 0.6 is 0 Å². The molecule has 6 nitrogen and oxygen atoms in total. The van der Waals surface area contributed by atoms with Gasteiger partial charge in [-0.3, -0.25) is 9.69 Å². The smallest absolute Gasteiger partial charge is 0.320 e. The third kappa shape index (κ3) is 2.21. The second kappa shape index (κ2) is 3.97. The van der Waals surface area contributed by atoms with Crippen molar-refractivity contribution in [1.29, 1.82) is 0 Å². The molecule has 0 spiro atoms. The number of sulfonamides is 1. The van der Waals surface area contributed by atoms with Crippen LogP contribution in [0.5, 0.6) is 0 Å². The Morgan fingerprint density at radius 2 is 2.00 bits per heavy atom. The van der Waals surface area contributed by atoms with Gasteiger partial charge in [0.2, 0.25) is 10.0 Å². The molecular formula is C9H16N2O4S. The monoisotopic (exact) mass is 248 g/mol. The number of aliphatic carboxylic acids is 1. The number of carboxylic acid groups (broad SMARTS) is 1. The summed E-state index contributed by atoms with van der Waals surface area (Å²) in [5.41, 5.74) is 0. The molecule has 0 radical (unpaired) electrons. The van der Waals surface area contributed by atoms with Gasteiger partial charge in [0.1, 0.15) is 11.9 Å². The Hall–Kier alpha value is -0.660. The number of carboxylic acids is 1. The third-order valence-electron chi connectivity index (χ3n) is 3.15. The molecule has 92 valence electrons. The number of hydrogen-bond donors (Lipinski definition) is 1. The van der Waals surface area contributed by atoms with Crippen LogP contribution in [0.15, 0.2) is 0 Å². The van der Waals surface area contributed by atoms with Gasteiger partial charge in [-0.25, -0.2) is 8.42 Å². The van der Waals surface area contributed by atoms with Crippen molar-refractivity contribution in [3.63, 3.8) is 0 Å². The number of hydrogen-bond acceptors (Lipinski definition) is 4. The predicted octanol–water partition coefficient (Wildman–Crippen LogP) is -0.473. The molecule has 1 N–H and O–H groups in total. The molecule has 0 aromatic rings. The molecule has 1 atom stereocenters. The van der Waals surface area contributed by atoms with Crippen molar-refractivity contribution in [2.75, 3.05) is 19.0 Å². The predicted molar refractivity (Wildman–Crippen MR) is 57.3 cm³/mol. The van der Waals surface area contributed by atoms with Crippen LogP contribution in [0.3, 0.4) is 0 Å². The first kappa shape index (κ1) is 11.8. The minimum absolute atomic E-state index is 0.170. The summed E-state index contributed by atoms with van der Waals surface area (Å²) in [6.45, 7) is 2.44. The lowest BCUT2D eigenvalue weighted by molar-refractivity contribution is -0.142. The molecular weight excluding hydrogens is 232 g/mol. The SMILES string of the molecule is C[C@H](C(=O)O)N1CCN(C2CC2)S(=O)(=O)C1. The van der Waals surface area contributed by atoms with Crippen molar-refractivity contribution in [2.45, 2.75) is 31.8 Å². The molecule has 1 saturated heterocycles. The molecule has 7 heteroatoms. The van der Waals surface area contributed by atoms with Crippen molar-refractivity contribution in [1.82, 2.24) is 9.21 Å². The van der Waals surface area contributed by atoms with E-state index in [9.17, 15) is 13.2 Å². The van der Waals surface area contributed by atoms with E-state index in [0.717, 1.165) is 12.8 Å². The maximum absolute atomic E-state index is 11.9. The Morgan fingerprint density at radius 3 is 2.44 bits per heavy atom. The van der Waals surface area contributed by atoms with E-state index in [1.165, 1.54) is 16.1 Å². The minimum atomic E-state index is -3.29. The molecule has 0 aromatic heterocycles. The summed E-state index contributed by atoms with van der Waals surface area (Å²) in [4.78, 5) is 12.3. The fraction of sp³-hybridized carbons (Fsp3) is 0.889. The van der Waals surface area contributed by atoms with Gasteiger partial charge in [0.05, 0.1) is 0 Å². The zero-order valence-corrected chi connectivity index (χ0v) is 9.98. The van der Waals surface area contributed by atoms with Crippen LogP contribution < -0.4 is 0 Å². The van der Waals surface area contributed by atoms with Crippen LogP contribution in [0, 0.1) is 0 Å². The maximum Gasteiger partial charge on any atom is 0.320 e. The summed E-state index contributed by atoms with van der Waals surface area (Å²) >= 11 is 0. The summed E-state index contributed by atoms with van der Waals surface area (Å²) in [7, 11) is -3.29.